The second kappa shape index (κ2) is 9.25. The van der Waals surface area contributed by atoms with Crippen LogP contribution in [0.2, 0.25) is 0 Å². The molecule has 2 aromatic carbocycles. The van der Waals surface area contributed by atoms with E-state index in [1.54, 1.807) is 24.4 Å². The quantitative estimate of drug-likeness (QED) is 0.525. The topological polar surface area (TPSA) is 119 Å². The summed E-state index contributed by atoms with van der Waals surface area (Å²) in [5.74, 6) is -0.00888. The molecule has 0 radical (unpaired) electrons. The molecule has 2 amide bonds. The minimum absolute atomic E-state index is 0.0923. The van der Waals surface area contributed by atoms with Crippen molar-refractivity contribution in [1.82, 2.24) is 9.88 Å². The third-order valence-electron chi connectivity index (χ3n) is 4.92. The molecule has 0 saturated carbocycles. The highest BCUT2D eigenvalue weighted by molar-refractivity contribution is 5.89. The number of urea groups is 1. The molecule has 3 N–H and O–H groups in total. The number of pyridine rings is 1. The fourth-order valence-electron chi connectivity index (χ4n) is 3.39. The van der Waals surface area contributed by atoms with Gasteiger partial charge >= 0.3 is 12.0 Å². The van der Waals surface area contributed by atoms with Crippen LogP contribution in [0.1, 0.15) is 23.6 Å². The van der Waals surface area contributed by atoms with E-state index in [0.29, 0.717) is 29.3 Å². The summed E-state index contributed by atoms with van der Waals surface area (Å²) in [6, 6.07) is 15.9. The first-order valence-corrected chi connectivity index (χ1v) is 9.91. The monoisotopic (exact) mass is 435 g/mol. The van der Waals surface area contributed by atoms with E-state index in [-0.39, 0.29) is 18.8 Å². The first kappa shape index (κ1) is 21.0. The van der Waals surface area contributed by atoms with Crippen molar-refractivity contribution in [1.29, 1.82) is 0 Å². The number of rotatable bonds is 7. The fraction of sp³-hybridized carbons (Fsp3) is 0.174. The molecular weight excluding hydrogens is 414 g/mol. The van der Waals surface area contributed by atoms with E-state index < -0.39 is 18.0 Å². The Morgan fingerprint density at radius 3 is 2.59 bits per heavy atom. The molecule has 32 heavy (non-hydrogen) atoms. The molecule has 0 aliphatic carbocycles. The molecule has 1 aliphatic rings. The molecular formula is C23H21N3O6. The van der Waals surface area contributed by atoms with Crippen molar-refractivity contribution in [2.24, 2.45) is 0 Å². The number of carboxylic acid groups (broad SMARTS) is 1. The summed E-state index contributed by atoms with van der Waals surface area (Å²) in [4.78, 5) is 36.1. The molecule has 3 aromatic rings. The molecule has 1 atom stereocenters. The van der Waals surface area contributed by atoms with Gasteiger partial charge in [-0.15, -0.1) is 0 Å². The number of nitrogens with zero attached hydrogens (tertiary/aromatic N) is 1. The predicted octanol–water partition coefficient (Wildman–Crippen LogP) is 2.96. The second-order valence-corrected chi connectivity index (χ2v) is 7.23. The van der Waals surface area contributed by atoms with Gasteiger partial charge < -0.3 is 29.8 Å². The lowest BCUT2D eigenvalue weighted by Crippen LogP contribution is -2.34. The molecule has 0 bridgehead atoms. The maximum Gasteiger partial charge on any atom is 0.319 e. The number of carbonyl (C=O) groups excluding carboxylic acids is 1. The number of fused-ring (bicyclic) bond motifs is 1. The van der Waals surface area contributed by atoms with Gasteiger partial charge in [0.05, 0.1) is 24.7 Å². The zero-order chi connectivity index (χ0) is 22.5. The SMILES string of the molecule is O=C(O)C[C@H](NC(=O)Nc1ccc(=O)n(Cc2ccccc2)c1)c1ccc2c(c1)OCO2. The van der Waals surface area contributed by atoms with E-state index in [4.69, 9.17) is 9.47 Å². The molecule has 4 rings (SSSR count). The van der Waals surface area contributed by atoms with Crippen LogP contribution in [-0.2, 0) is 11.3 Å². The number of carboxylic acids is 1. The van der Waals surface area contributed by atoms with E-state index in [1.807, 2.05) is 30.3 Å². The number of ether oxygens (including phenoxy) is 2. The highest BCUT2D eigenvalue weighted by atomic mass is 16.7. The van der Waals surface area contributed by atoms with Crippen LogP contribution < -0.4 is 25.7 Å². The highest BCUT2D eigenvalue weighted by Gasteiger charge is 2.22. The van der Waals surface area contributed by atoms with Crippen molar-refractivity contribution in [2.45, 2.75) is 19.0 Å². The minimum Gasteiger partial charge on any atom is -0.481 e. The van der Waals surface area contributed by atoms with Crippen molar-refractivity contribution in [2.75, 3.05) is 12.1 Å². The average molecular weight is 435 g/mol. The summed E-state index contributed by atoms with van der Waals surface area (Å²) in [6.07, 6.45) is 1.22. The first-order valence-electron chi connectivity index (χ1n) is 9.91. The van der Waals surface area contributed by atoms with Crippen LogP contribution in [0.15, 0.2) is 71.7 Å². The normalized spacial score (nSPS) is 12.8. The summed E-state index contributed by atoms with van der Waals surface area (Å²) >= 11 is 0. The number of aromatic nitrogens is 1. The zero-order valence-electron chi connectivity index (χ0n) is 17.0. The fourth-order valence-corrected chi connectivity index (χ4v) is 3.39. The molecule has 0 unspecified atom stereocenters. The highest BCUT2D eigenvalue weighted by Crippen LogP contribution is 2.34. The Hall–Kier alpha value is -4.27. The van der Waals surface area contributed by atoms with Crippen LogP contribution in [0.3, 0.4) is 0 Å². The lowest BCUT2D eigenvalue weighted by molar-refractivity contribution is -0.137. The van der Waals surface area contributed by atoms with Crippen LogP contribution in [0.4, 0.5) is 10.5 Å². The standard InChI is InChI=1S/C23H21N3O6/c27-21-9-7-17(13-26(21)12-15-4-2-1-3-5-15)24-23(30)25-18(11-22(28)29)16-6-8-19-20(10-16)32-14-31-19/h1-10,13,18H,11-12,14H2,(H,28,29)(H2,24,25,30)/t18-/m0/s1. The first-order chi connectivity index (χ1) is 15.5. The molecule has 164 valence electrons. The number of hydrogen-bond acceptors (Lipinski definition) is 5. The lowest BCUT2D eigenvalue weighted by atomic mass is 10.0. The molecule has 1 aromatic heterocycles. The Morgan fingerprint density at radius 2 is 1.81 bits per heavy atom. The Labute approximate surface area is 183 Å². The van der Waals surface area contributed by atoms with Crippen LogP contribution in [0, 0.1) is 0 Å². The zero-order valence-corrected chi connectivity index (χ0v) is 17.0. The summed E-state index contributed by atoms with van der Waals surface area (Å²) in [5.41, 5.74) is 1.71. The number of anilines is 1. The van der Waals surface area contributed by atoms with Gasteiger partial charge in [-0.3, -0.25) is 9.59 Å². The van der Waals surface area contributed by atoms with Crippen LogP contribution in [0.5, 0.6) is 11.5 Å². The van der Waals surface area contributed by atoms with Crippen molar-refractivity contribution < 1.29 is 24.2 Å². The number of amides is 2. The number of carbonyl (C=O) groups is 2. The maximum absolute atomic E-state index is 12.6. The maximum atomic E-state index is 12.6. The second-order valence-electron chi connectivity index (χ2n) is 7.23. The van der Waals surface area contributed by atoms with Gasteiger partial charge in [0, 0.05) is 12.3 Å². The van der Waals surface area contributed by atoms with Gasteiger partial charge in [0.2, 0.25) is 6.79 Å². The van der Waals surface area contributed by atoms with E-state index in [9.17, 15) is 19.5 Å². The van der Waals surface area contributed by atoms with E-state index >= 15 is 0 Å². The summed E-state index contributed by atoms with van der Waals surface area (Å²) < 4.78 is 12.1. The summed E-state index contributed by atoms with van der Waals surface area (Å²) in [6.45, 7) is 0.449. The number of benzene rings is 2. The Bertz CT molecular complexity index is 1190. The predicted molar refractivity (Wildman–Crippen MR) is 116 cm³/mol. The van der Waals surface area contributed by atoms with Gasteiger partial charge in [-0.25, -0.2) is 4.79 Å². The molecule has 2 heterocycles. The molecule has 0 saturated heterocycles. The molecule has 0 spiro atoms. The largest absolute Gasteiger partial charge is 0.481 e. The third-order valence-corrected chi connectivity index (χ3v) is 4.92. The summed E-state index contributed by atoms with van der Waals surface area (Å²) in [5, 5.41) is 14.6. The van der Waals surface area contributed by atoms with E-state index in [2.05, 4.69) is 10.6 Å². The molecule has 0 fully saturated rings. The minimum atomic E-state index is -1.07. The van der Waals surface area contributed by atoms with Gasteiger partial charge in [-0.1, -0.05) is 36.4 Å². The van der Waals surface area contributed by atoms with Crippen molar-refractivity contribution >= 4 is 17.7 Å². The van der Waals surface area contributed by atoms with Crippen molar-refractivity contribution in [3.8, 4) is 11.5 Å². The van der Waals surface area contributed by atoms with Crippen LogP contribution in [-0.4, -0.2) is 28.5 Å². The van der Waals surface area contributed by atoms with Crippen molar-refractivity contribution in [3.05, 3.63) is 88.3 Å². The molecule has 9 heteroatoms. The van der Waals surface area contributed by atoms with E-state index in [0.717, 1.165) is 5.56 Å². The van der Waals surface area contributed by atoms with Crippen LogP contribution in [0.25, 0.3) is 0 Å². The van der Waals surface area contributed by atoms with Gasteiger partial charge in [0.1, 0.15) is 0 Å². The van der Waals surface area contributed by atoms with Gasteiger partial charge in [0.25, 0.3) is 5.56 Å². The molecule has 1 aliphatic heterocycles. The van der Waals surface area contributed by atoms with E-state index in [1.165, 1.54) is 16.7 Å². The van der Waals surface area contributed by atoms with Crippen LogP contribution >= 0.6 is 0 Å². The number of hydrogen-bond donors (Lipinski definition) is 3. The Balaban J connectivity index is 1.48. The Kier molecular flexibility index (Phi) is 6.07. The lowest BCUT2D eigenvalue weighted by Gasteiger charge is -2.18. The Morgan fingerprint density at radius 1 is 1.03 bits per heavy atom. The van der Waals surface area contributed by atoms with Gasteiger partial charge in [-0.2, -0.15) is 0 Å². The number of aliphatic carboxylic acids is 1. The number of nitrogens with one attached hydrogen (secondary N) is 2. The van der Waals surface area contributed by atoms with Gasteiger partial charge in [0.15, 0.2) is 11.5 Å². The summed E-state index contributed by atoms with van der Waals surface area (Å²) in [7, 11) is 0. The van der Waals surface area contributed by atoms with Crippen molar-refractivity contribution in [3.63, 3.8) is 0 Å². The van der Waals surface area contributed by atoms with Gasteiger partial charge in [-0.05, 0) is 29.3 Å². The smallest absolute Gasteiger partial charge is 0.319 e. The average Bonchev–Trinajstić information content (AvgIpc) is 3.24. The third kappa shape index (κ3) is 5.07. The molecule has 9 nitrogen and oxygen atoms in total.